The third-order valence-electron chi connectivity index (χ3n) is 3.79. The Bertz CT molecular complexity index is 208. The fraction of sp³-hybridized carbons (Fsp3) is 0.917. The van der Waals surface area contributed by atoms with Crippen molar-refractivity contribution in [1.29, 1.82) is 0 Å². The largest absolute Gasteiger partial charge is 0.356 e. The van der Waals surface area contributed by atoms with Gasteiger partial charge in [0.05, 0.1) is 0 Å². The molecule has 0 spiro atoms. The fourth-order valence-electron chi connectivity index (χ4n) is 2.38. The molecule has 2 fully saturated rings. The number of amides is 1. The van der Waals surface area contributed by atoms with Crippen LogP contribution in [0.3, 0.4) is 0 Å². The lowest BCUT2D eigenvalue weighted by Crippen LogP contribution is -2.36. The highest BCUT2D eigenvalue weighted by atomic mass is 16.1. The van der Waals surface area contributed by atoms with Crippen LogP contribution in [-0.2, 0) is 4.79 Å². The van der Waals surface area contributed by atoms with Gasteiger partial charge in [-0.2, -0.15) is 0 Å². The van der Waals surface area contributed by atoms with E-state index in [9.17, 15) is 4.79 Å². The van der Waals surface area contributed by atoms with Crippen LogP contribution >= 0.6 is 0 Å². The summed E-state index contributed by atoms with van der Waals surface area (Å²) >= 11 is 0. The predicted molar refractivity (Wildman–Crippen MR) is 60.6 cm³/mol. The zero-order valence-electron chi connectivity index (χ0n) is 9.43. The van der Waals surface area contributed by atoms with Gasteiger partial charge in [-0.15, -0.1) is 0 Å². The molecule has 1 aliphatic carbocycles. The summed E-state index contributed by atoms with van der Waals surface area (Å²) in [5.74, 6) is 1.47. The minimum Gasteiger partial charge on any atom is -0.356 e. The first-order chi connectivity index (χ1) is 7.36. The van der Waals surface area contributed by atoms with Crippen molar-refractivity contribution in [3.63, 3.8) is 0 Å². The lowest BCUT2D eigenvalue weighted by atomic mass is 9.85. The summed E-state index contributed by atoms with van der Waals surface area (Å²) in [5, 5.41) is 6.44. The number of hydrogen-bond donors (Lipinski definition) is 2. The maximum atomic E-state index is 11.5. The van der Waals surface area contributed by atoms with Gasteiger partial charge in [-0.25, -0.2) is 0 Å². The van der Waals surface area contributed by atoms with Gasteiger partial charge < -0.3 is 10.6 Å². The van der Waals surface area contributed by atoms with E-state index in [2.05, 4.69) is 10.6 Å². The summed E-state index contributed by atoms with van der Waals surface area (Å²) < 4.78 is 0. The fourth-order valence-corrected chi connectivity index (χ4v) is 2.38. The summed E-state index contributed by atoms with van der Waals surface area (Å²) in [7, 11) is 0. The molecule has 1 saturated carbocycles. The molecule has 0 aromatic carbocycles. The molecule has 1 amide bonds. The highest BCUT2D eigenvalue weighted by molar-refractivity contribution is 5.79. The van der Waals surface area contributed by atoms with Crippen molar-refractivity contribution >= 4 is 5.91 Å². The van der Waals surface area contributed by atoms with Crippen molar-refractivity contribution in [2.45, 2.75) is 38.5 Å². The van der Waals surface area contributed by atoms with Gasteiger partial charge in [0.2, 0.25) is 5.91 Å². The van der Waals surface area contributed by atoms with E-state index in [1.165, 1.54) is 25.7 Å². The van der Waals surface area contributed by atoms with Crippen molar-refractivity contribution in [2.24, 2.45) is 11.8 Å². The van der Waals surface area contributed by atoms with Crippen molar-refractivity contribution in [3.8, 4) is 0 Å². The molecular weight excluding hydrogens is 188 g/mol. The molecule has 3 heteroatoms. The van der Waals surface area contributed by atoms with Crippen LogP contribution in [0.15, 0.2) is 0 Å². The molecule has 0 bridgehead atoms. The molecule has 2 aliphatic rings. The molecule has 1 aliphatic heterocycles. The Labute approximate surface area is 92.0 Å². The van der Waals surface area contributed by atoms with Crippen LogP contribution in [0.2, 0.25) is 0 Å². The lowest BCUT2D eigenvalue weighted by molar-refractivity contribution is -0.127. The second-order valence-electron chi connectivity index (χ2n) is 4.90. The van der Waals surface area contributed by atoms with Crippen LogP contribution in [0.5, 0.6) is 0 Å². The number of hydrogen-bond acceptors (Lipinski definition) is 2. The number of rotatable bonds is 4. The monoisotopic (exact) mass is 210 g/mol. The summed E-state index contributed by atoms with van der Waals surface area (Å²) in [6.45, 7) is 3.20. The van der Waals surface area contributed by atoms with E-state index in [0.717, 1.165) is 38.4 Å². The Morgan fingerprint density at radius 1 is 1.20 bits per heavy atom. The topological polar surface area (TPSA) is 41.1 Å². The maximum absolute atomic E-state index is 11.5. The molecule has 1 saturated heterocycles. The van der Waals surface area contributed by atoms with Gasteiger partial charge in [0, 0.05) is 12.5 Å². The normalized spacial score (nSPS) is 23.5. The Morgan fingerprint density at radius 3 is 2.53 bits per heavy atom. The SMILES string of the molecule is O=C(NCCC1CCNCC1)C1CCC1. The minimum absolute atomic E-state index is 0.301. The standard InChI is InChI=1S/C12H22N2O/c15-12(11-2-1-3-11)14-9-6-10-4-7-13-8-5-10/h10-11,13H,1-9H2,(H,14,15). The average Bonchev–Trinajstić information content (AvgIpc) is 2.16. The van der Waals surface area contributed by atoms with Crippen molar-refractivity contribution in [1.82, 2.24) is 10.6 Å². The molecule has 3 nitrogen and oxygen atoms in total. The van der Waals surface area contributed by atoms with Crippen molar-refractivity contribution < 1.29 is 4.79 Å². The molecule has 2 rings (SSSR count). The van der Waals surface area contributed by atoms with Gasteiger partial charge in [-0.3, -0.25) is 4.79 Å². The summed E-state index contributed by atoms with van der Waals surface area (Å²) in [5.41, 5.74) is 0. The van der Waals surface area contributed by atoms with Gasteiger partial charge in [0.15, 0.2) is 0 Å². The van der Waals surface area contributed by atoms with Crippen LogP contribution in [0, 0.1) is 11.8 Å². The van der Waals surface area contributed by atoms with E-state index in [-0.39, 0.29) is 0 Å². The number of piperidine rings is 1. The second kappa shape index (κ2) is 5.50. The highest BCUT2D eigenvalue weighted by Gasteiger charge is 2.24. The zero-order chi connectivity index (χ0) is 10.5. The van der Waals surface area contributed by atoms with Gasteiger partial charge in [0.1, 0.15) is 0 Å². The van der Waals surface area contributed by atoms with Gasteiger partial charge in [-0.05, 0) is 51.1 Å². The first kappa shape index (κ1) is 10.9. The van der Waals surface area contributed by atoms with E-state index in [4.69, 9.17) is 0 Å². The van der Waals surface area contributed by atoms with E-state index in [1.54, 1.807) is 0 Å². The number of nitrogens with one attached hydrogen (secondary N) is 2. The van der Waals surface area contributed by atoms with E-state index < -0.39 is 0 Å². The molecular formula is C12H22N2O. The summed E-state index contributed by atoms with van der Waals surface area (Å²) in [6, 6.07) is 0. The number of carbonyl (C=O) groups excluding carboxylic acids is 1. The van der Waals surface area contributed by atoms with Crippen molar-refractivity contribution in [2.75, 3.05) is 19.6 Å². The third-order valence-corrected chi connectivity index (χ3v) is 3.79. The van der Waals surface area contributed by atoms with Gasteiger partial charge in [-0.1, -0.05) is 6.42 Å². The van der Waals surface area contributed by atoms with Crippen LogP contribution in [0.25, 0.3) is 0 Å². The molecule has 15 heavy (non-hydrogen) atoms. The lowest BCUT2D eigenvalue weighted by Gasteiger charge is -2.26. The molecule has 0 unspecified atom stereocenters. The Morgan fingerprint density at radius 2 is 1.93 bits per heavy atom. The summed E-state index contributed by atoms with van der Waals surface area (Å²) in [6.07, 6.45) is 7.18. The molecule has 0 atom stereocenters. The van der Waals surface area contributed by atoms with Crippen LogP contribution in [-0.4, -0.2) is 25.5 Å². The maximum Gasteiger partial charge on any atom is 0.223 e. The van der Waals surface area contributed by atoms with E-state index in [1.807, 2.05) is 0 Å². The Balaban J connectivity index is 1.55. The molecule has 1 heterocycles. The van der Waals surface area contributed by atoms with Crippen LogP contribution in [0.4, 0.5) is 0 Å². The second-order valence-corrected chi connectivity index (χ2v) is 4.90. The molecule has 0 aromatic rings. The quantitative estimate of drug-likeness (QED) is 0.734. The first-order valence-corrected chi connectivity index (χ1v) is 6.34. The van der Waals surface area contributed by atoms with Gasteiger partial charge >= 0.3 is 0 Å². The third kappa shape index (κ3) is 3.20. The Kier molecular flexibility index (Phi) is 4.01. The molecule has 2 N–H and O–H groups in total. The molecule has 0 radical (unpaired) electrons. The molecule has 86 valence electrons. The van der Waals surface area contributed by atoms with Crippen molar-refractivity contribution in [3.05, 3.63) is 0 Å². The van der Waals surface area contributed by atoms with Gasteiger partial charge in [0.25, 0.3) is 0 Å². The first-order valence-electron chi connectivity index (χ1n) is 6.34. The minimum atomic E-state index is 0.301. The van der Waals surface area contributed by atoms with E-state index >= 15 is 0 Å². The number of carbonyl (C=O) groups is 1. The predicted octanol–water partition coefficient (Wildman–Crippen LogP) is 1.29. The highest BCUT2D eigenvalue weighted by Crippen LogP contribution is 2.26. The van der Waals surface area contributed by atoms with Crippen LogP contribution in [0.1, 0.15) is 38.5 Å². The van der Waals surface area contributed by atoms with E-state index in [0.29, 0.717) is 11.8 Å². The Hall–Kier alpha value is -0.570. The average molecular weight is 210 g/mol. The van der Waals surface area contributed by atoms with Crippen LogP contribution < -0.4 is 10.6 Å². The smallest absolute Gasteiger partial charge is 0.223 e. The summed E-state index contributed by atoms with van der Waals surface area (Å²) in [4.78, 5) is 11.5. The zero-order valence-corrected chi connectivity index (χ0v) is 9.43. The molecule has 0 aromatic heterocycles.